The average Bonchev–Trinajstić information content (AvgIpc) is 2.51. The summed E-state index contributed by atoms with van der Waals surface area (Å²) >= 11 is 12.0. The fraction of sp³-hybridized carbons (Fsp3) is 0.188. The zero-order valence-electron chi connectivity index (χ0n) is 12.6. The van der Waals surface area contributed by atoms with Crippen LogP contribution in [0.2, 0.25) is 10.0 Å². The summed E-state index contributed by atoms with van der Waals surface area (Å²) in [7, 11) is -2.23. The molecular weight excluding hydrogens is 357 g/mol. The van der Waals surface area contributed by atoms with Gasteiger partial charge in [0.05, 0.1) is 14.9 Å². The lowest BCUT2D eigenvalue weighted by atomic mass is 10.2. The Bertz CT molecular complexity index is 833. The van der Waals surface area contributed by atoms with Crippen molar-refractivity contribution in [2.75, 3.05) is 7.05 Å². The molecule has 0 unspecified atom stereocenters. The lowest BCUT2D eigenvalue weighted by molar-refractivity contribution is 0.101. The first-order valence-electron chi connectivity index (χ1n) is 6.73. The molecule has 7 heteroatoms. The van der Waals surface area contributed by atoms with Crippen LogP contribution < -0.4 is 0 Å². The fourth-order valence-corrected chi connectivity index (χ4v) is 3.57. The monoisotopic (exact) mass is 371 g/mol. The van der Waals surface area contributed by atoms with E-state index in [0.717, 1.165) is 0 Å². The highest BCUT2D eigenvalue weighted by molar-refractivity contribution is 7.89. The number of rotatable bonds is 5. The van der Waals surface area contributed by atoms with Crippen LogP contribution in [0.25, 0.3) is 0 Å². The maximum Gasteiger partial charge on any atom is 0.243 e. The molecule has 0 spiro atoms. The van der Waals surface area contributed by atoms with Crippen molar-refractivity contribution in [3.8, 4) is 0 Å². The Morgan fingerprint density at radius 3 is 2.26 bits per heavy atom. The van der Waals surface area contributed by atoms with Crippen LogP contribution in [0, 0.1) is 0 Å². The van der Waals surface area contributed by atoms with Crippen LogP contribution in [-0.2, 0) is 16.6 Å². The molecule has 0 N–H and O–H groups in total. The minimum Gasteiger partial charge on any atom is -0.295 e. The Labute approximate surface area is 145 Å². The minimum atomic E-state index is -3.69. The maximum atomic E-state index is 12.6. The molecule has 23 heavy (non-hydrogen) atoms. The molecule has 2 aromatic rings. The third-order valence-corrected chi connectivity index (χ3v) is 6.07. The van der Waals surface area contributed by atoms with Gasteiger partial charge in [-0.15, -0.1) is 0 Å². The number of sulfonamides is 1. The van der Waals surface area contributed by atoms with Crippen LogP contribution >= 0.6 is 23.2 Å². The molecule has 0 fully saturated rings. The quantitative estimate of drug-likeness (QED) is 0.745. The number of carbonyl (C=O) groups excluding carboxylic acids is 1. The minimum absolute atomic E-state index is 0.0934. The molecular formula is C16H15Cl2NO3S. The summed E-state index contributed by atoms with van der Waals surface area (Å²) < 4.78 is 26.3. The highest BCUT2D eigenvalue weighted by atomic mass is 35.5. The Hall–Kier alpha value is -1.40. The number of halogens is 2. The van der Waals surface area contributed by atoms with Gasteiger partial charge in [0, 0.05) is 19.2 Å². The summed E-state index contributed by atoms with van der Waals surface area (Å²) in [6, 6.07) is 10.9. The smallest absolute Gasteiger partial charge is 0.243 e. The molecule has 0 saturated heterocycles. The molecule has 0 radical (unpaired) electrons. The SMILES string of the molecule is CC(=O)c1ccc(S(=O)(=O)N(C)Cc2cccc(Cl)c2Cl)cc1. The van der Waals surface area contributed by atoms with Crippen molar-refractivity contribution in [2.24, 2.45) is 0 Å². The highest BCUT2D eigenvalue weighted by Gasteiger charge is 2.22. The molecule has 0 aromatic heterocycles. The number of ketones is 1. The number of benzene rings is 2. The van der Waals surface area contributed by atoms with E-state index < -0.39 is 10.0 Å². The molecule has 0 aliphatic rings. The Morgan fingerprint density at radius 2 is 1.70 bits per heavy atom. The largest absolute Gasteiger partial charge is 0.295 e. The Morgan fingerprint density at radius 1 is 1.09 bits per heavy atom. The standard InChI is InChI=1S/C16H15Cl2NO3S/c1-11(20)12-6-8-14(9-7-12)23(21,22)19(2)10-13-4-3-5-15(17)16(13)18/h3-9H,10H2,1-2H3. The van der Waals surface area contributed by atoms with Gasteiger partial charge in [-0.05, 0) is 30.7 Å². The van der Waals surface area contributed by atoms with E-state index >= 15 is 0 Å². The first kappa shape index (κ1) is 17.9. The lowest BCUT2D eigenvalue weighted by Crippen LogP contribution is -2.26. The van der Waals surface area contributed by atoms with Crippen LogP contribution in [-0.4, -0.2) is 25.6 Å². The molecule has 0 heterocycles. The van der Waals surface area contributed by atoms with Gasteiger partial charge < -0.3 is 0 Å². The molecule has 2 aromatic carbocycles. The Balaban J connectivity index is 2.28. The van der Waals surface area contributed by atoms with E-state index in [0.29, 0.717) is 21.2 Å². The van der Waals surface area contributed by atoms with E-state index in [-0.39, 0.29) is 17.2 Å². The van der Waals surface area contributed by atoms with Crippen molar-refractivity contribution >= 4 is 39.0 Å². The van der Waals surface area contributed by atoms with Gasteiger partial charge >= 0.3 is 0 Å². The van der Waals surface area contributed by atoms with Gasteiger partial charge in [-0.3, -0.25) is 4.79 Å². The molecule has 0 aliphatic carbocycles. The van der Waals surface area contributed by atoms with Gasteiger partial charge in [-0.1, -0.05) is 47.5 Å². The zero-order chi connectivity index (χ0) is 17.2. The van der Waals surface area contributed by atoms with Gasteiger partial charge in [0.25, 0.3) is 0 Å². The Kier molecular flexibility index (Phi) is 5.47. The molecule has 0 amide bonds. The first-order valence-corrected chi connectivity index (χ1v) is 8.93. The van der Waals surface area contributed by atoms with Crippen molar-refractivity contribution in [1.82, 2.24) is 4.31 Å². The summed E-state index contributed by atoms with van der Waals surface area (Å²) in [6.07, 6.45) is 0. The number of hydrogen-bond donors (Lipinski definition) is 0. The fourth-order valence-electron chi connectivity index (χ4n) is 2.04. The number of Topliss-reactive ketones (excluding diaryl/α,β-unsaturated/α-hetero) is 1. The predicted octanol–water partition coefficient (Wildman–Crippen LogP) is 4.02. The normalized spacial score (nSPS) is 11.7. The molecule has 0 atom stereocenters. The maximum absolute atomic E-state index is 12.6. The van der Waals surface area contributed by atoms with Gasteiger partial charge in [0.15, 0.2) is 5.78 Å². The van der Waals surface area contributed by atoms with E-state index in [1.54, 1.807) is 18.2 Å². The molecule has 0 aliphatic heterocycles. The topological polar surface area (TPSA) is 54.5 Å². The van der Waals surface area contributed by atoms with Gasteiger partial charge in [0.2, 0.25) is 10.0 Å². The summed E-state index contributed by atoms with van der Waals surface area (Å²) in [4.78, 5) is 11.4. The van der Waals surface area contributed by atoms with E-state index in [9.17, 15) is 13.2 Å². The molecule has 4 nitrogen and oxygen atoms in total. The van der Waals surface area contributed by atoms with Crippen molar-refractivity contribution in [3.63, 3.8) is 0 Å². The van der Waals surface area contributed by atoms with Crippen molar-refractivity contribution in [1.29, 1.82) is 0 Å². The van der Waals surface area contributed by atoms with Gasteiger partial charge in [-0.2, -0.15) is 4.31 Å². The van der Waals surface area contributed by atoms with E-state index in [2.05, 4.69) is 0 Å². The predicted molar refractivity (Wildman–Crippen MR) is 91.6 cm³/mol. The van der Waals surface area contributed by atoms with Gasteiger partial charge in [-0.25, -0.2) is 8.42 Å². The summed E-state index contributed by atoms with van der Waals surface area (Å²) in [6.45, 7) is 1.52. The molecule has 2 rings (SSSR count). The van der Waals surface area contributed by atoms with Crippen molar-refractivity contribution in [3.05, 3.63) is 63.6 Å². The second-order valence-corrected chi connectivity index (χ2v) is 7.88. The lowest BCUT2D eigenvalue weighted by Gasteiger charge is -2.18. The second-order valence-electron chi connectivity index (χ2n) is 5.05. The molecule has 0 bridgehead atoms. The summed E-state index contributed by atoms with van der Waals surface area (Å²) in [5.41, 5.74) is 1.08. The van der Waals surface area contributed by atoms with Gasteiger partial charge in [0.1, 0.15) is 0 Å². The van der Waals surface area contributed by atoms with Crippen LogP contribution in [0.3, 0.4) is 0 Å². The average molecular weight is 372 g/mol. The zero-order valence-corrected chi connectivity index (χ0v) is 14.9. The second kappa shape index (κ2) is 7.01. The first-order chi connectivity index (χ1) is 10.7. The van der Waals surface area contributed by atoms with E-state index in [4.69, 9.17) is 23.2 Å². The molecule has 122 valence electrons. The molecule has 0 saturated carbocycles. The number of hydrogen-bond acceptors (Lipinski definition) is 3. The van der Waals surface area contributed by atoms with Crippen LogP contribution in [0.5, 0.6) is 0 Å². The van der Waals surface area contributed by atoms with Crippen LogP contribution in [0.4, 0.5) is 0 Å². The summed E-state index contributed by atoms with van der Waals surface area (Å²) in [5, 5.41) is 0.712. The number of nitrogens with zero attached hydrogens (tertiary/aromatic N) is 1. The third-order valence-electron chi connectivity index (χ3n) is 3.39. The van der Waals surface area contributed by atoms with Crippen LogP contribution in [0.1, 0.15) is 22.8 Å². The third kappa shape index (κ3) is 3.93. The van der Waals surface area contributed by atoms with E-state index in [1.807, 2.05) is 0 Å². The van der Waals surface area contributed by atoms with E-state index in [1.165, 1.54) is 42.5 Å². The highest BCUT2D eigenvalue weighted by Crippen LogP contribution is 2.27. The van der Waals surface area contributed by atoms with Crippen molar-refractivity contribution < 1.29 is 13.2 Å². The van der Waals surface area contributed by atoms with Crippen LogP contribution in [0.15, 0.2) is 47.4 Å². The van der Waals surface area contributed by atoms with Crippen molar-refractivity contribution in [2.45, 2.75) is 18.4 Å². The number of carbonyl (C=O) groups is 1. The summed E-state index contributed by atoms with van der Waals surface area (Å²) in [5.74, 6) is -0.118.